The molecule has 0 saturated carbocycles. The summed E-state index contributed by atoms with van der Waals surface area (Å²) in [6.45, 7) is 19.2. The van der Waals surface area contributed by atoms with E-state index in [1.807, 2.05) is 6.07 Å². The predicted molar refractivity (Wildman–Crippen MR) is 304 cm³/mol. The molecular formula is C67H59BN2O2. The van der Waals surface area contributed by atoms with Crippen molar-refractivity contribution in [3.05, 3.63) is 203 Å². The van der Waals surface area contributed by atoms with Gasteiger partial charge < -0.3 is 18.6 Å². The van der Waals surface area contributed by atoms with Crippen LogP contribution in [0.2, 0.25) is 0 Å². The fourth-order valence-electron chi connectivity index (χ4n) is 13.1. The van der Waals surface area contributed by atoms with E-state index in [9.17, 15) is 0 Å². The van der Waals surface area contributed by atoms with Crippen molar-refractivity contribution in [2.45, 2.75) is 97.3 Å². The van der Waals surface area contributed by atoms with Crippen LogP contribution in [0, 0.1) is 6.92 Å². The standard InChI is InChI=1S/C67H59BN2O2/c1-40-35-56-64-57(36-40)70(45-30-25-42(26-31-45)47-18-14-22-61-63(47)49-16-10-12-20-59(49)72-61)55-39-51-50(66(5,6)33-34-67(51,7)8)38-53(55)68(64)52-32-27-43(65(2,3)4)37-54(52)69(56)44-28-23-41(24-29-44)46-17-13-21-60-62(46)48-15-9-11-19-58(48)71-60/h9-12,14-20,22-32,35-39H,13,21,33-34H2,1-8H3. The maximum atomic E-state index is 6.44. The maximum Gasteiger partial charge on any atom is 0.252 e. The van der Waals surface area contributed by atoms with Gasteiger partial charge in [-0.25, -0.2) is 0 Å². The van der Waals surface area contributed by atoms with E-state index in [2.05, 4.69) is 223 Å². The molecule has 352 valence electrons. The third-order valence-electron chi connectivity index (χ3n) is 17.0. The van der Waals surface area contributed by atoms with Gasteiger partial charge in [-0.3, -0.25) is 0 Å². The second kappa shape index (κ2) is 15.3. The number of hydrogen-bond acceptors (Lipinski definition) is 4. The molecule has 4 nitrogen and oxygen atoms in total. The Morgan fingerprint density at radius 3 is 1.82 bits per heavy atom. The Hall–Kier alpha value is -7.50. The van der Waals surface area contributed by atoms with E-state index in [0.29, 0.717) is 0 Å². The smallest absolute Gasteiger partial charge is 0.252 e. The lowest BCUT2D eigenvalue weighted by Gasteiger charge is -2.47. The molecule has 72 heavy (non-hydrogen) atoms. The van der Waals surface area contributed by atoms with Crippen molar-refractivity contribution in [2.75, 3.05) is 9.80 Å². The number of nitrogens with zero attached hydrogens (tertiary/aromatic N) is 2. The molecule has 2 aliphatic carbocycles. The van der Waals surface area contributed by atoms with Crippen molar-refractivity contribution in [1.29, 1.82) is 0 Å². The van der Waals surface area contributed by atoms with Crippen molar-refractivity contribution < 1.29 is 8.83 Å². The van der Waals surface area contributed by atoms with E-state index in [-0.39, 0.29) is 23.0 Å². The minimum Gasteiger partial charge on any atom is -0.460 e. The number of benzene rings is 8. The van der Waals surface area contributed by atoms with Crippen molar-refractivity contribution in [3.8, 4) is 11.1 Å². The van der Waals surface area contributed by atoms with E-state index in [1.165, 1.54) is 94.6 Å². The summed E-state index contributed by atoms with van der Waals surface area (Å²) in [7, 11) is 0. The molecule has 14 rings (SSSR count). The maximum absolute atomic E-state index is 6.44. The Bertz CT molecular complexity index is 3930. The van der Waals surface area contributed by atoms with Crippen LogP contribution in [0.5, 0.6) is 0 Å². The number of furan rings is 2. The number of aryl methyl sites for hydroxylation is 2. The van der Waals surface area contributed by atoms with Crippen molar-refractivity contribution in [3.63, 3.8) is 0 Å². The highest BCUT2D eigenvalue weighted by Gasteiger charge is 2.47. The third-order valence-corrected chi connectivity index (χ3v) is 17.0. The first-order valence-electron chi connectivity index (χ1n) is 26.1. The van der Waals surface area contributed by atoms with Gasteiger partial charge in [0, 0.05) is 62.3 Å². The monoisotopic (exact) mass is 934 g/mol. The van der Waals surface area contributed by atoms with Crippen molar-refractivity contribution >= 4 is 95.7 Å². The van der Waals surface area contributed by atoms with Crippen LogP contribution in [0.4, 0.5) is 34.1 Å². The zero-order chi connectivity index (χ0) is 49.0. The lowest BCUT2D eigenvalue weighted by atomic mass is 9.33. The van der Waals surface area contributed by atoms with Gasteiger partial charge in [0.05, 0.1) is 0 Å². The van der Waals surface area contributed by atoms with Gasteiger partial charge in [-0.1, -0.05) is 146 Å². The molecule has 0 radical (unpaired) electrons. The molecule has 0 spiro atoms. The molecule has 0 atom stereocenters. The van der Waals surface area contributed by atoms with E-state index >= 15 is 0 Å². The Kier molecular flexibility index (Phi) is 9.18. The number of para-hydroxylation sites is 2. The Labute approximate surface area is 423 Å². The van der Waals surface area contributed by atoms with Crippen molar-refractivity contribution in [2.24, 2.45) is 0 Å². The molecule has 5 heteroatoms. The van der Waals surface area contributed by atoms with Crippen LogP contribution in [0.25, 0.3) is 49.6 Å². The Balaban J connectivity index is 0.982. The largest absolute Gasteiger partial charge is 0.460 e. The molecule has 0 bridgehead atoms. The first kappa shape index (κ1) is 43.3. The van der Waals surface area contributed by atoms with Gasteiger partial charge >= 0.3 is 0 Å². The minimum atomic E-state index is -0.0422. The average molecular weight is 935 g/mol. The van der Waals surface area contributed by atoms with Crippen LogP contribution in [0.3, 0.4) is 0 Å². The number of fused-ring (bicyclic) bond motifs is 11. The van der Waals surface area contributed by atoms with Gasteiger partial charge in [0.2, 0.25) is 0 Å². The average Bonchev–Trinajstić information content (AvgIpc) is 3.96. The second-order valence-electron chi connectivity index (χ2n) is 23.5. The summed E-state index contributed by atoms with van der Waals surface area (Å²) < 4.78 is 12.8. The summed E-state index contributed by atoms with van der Waals surface area (Å²) in [5.41, 5.74) is 25.8. The van der Waals surface area contributed by atoms with E-state index in [4.69, 9.17) is 8.83 Å². The summed E-state index contributed by atoms with van der Waals surface area (Å²) >= 11 is 0. The van der Waals surface area contributed by atoms with Gasteiger partial charge in [0.15, 0.2) is 0 Å². The van der Waals surface area contributed by atoms with Gasteiger partial charge in [0.25, 0.3) is 6.71 Å². The molecular weight excluding hydrogens is 876 g/mol. The van der Waals surface area contributed by atoms with Crippen LogP contribution < -0.4 is 26.2 Å². The second-order valence-corrected chi connectivity index (χ2v) is 23.5. The molecule has 0 amide bonds. The van der Waals surface area contributed by atoms with E-state index in [1.54, 1.807) is 0 Å². The SMILES string of the molecule is Cc1cc2c3c(c1)N(c1ccc(-c4cccc5oc6ccccc6c45)cc1)c1cc4c(cc1B3c1ccc(C(C)(C)C)cc1N2c1ccc(C2=CCCc3oc5ccccc5c32)cc1)C(C)(C)CCC4(C)C. The van der Waals surface area contributed by atoms with Crippen LogP contribution in [-0.4, -0.2) is 6.71 Å². The number of allylic oxidation sites excluding steroid dienone is 1. The summed E-state index contributed by atoms with van der Waals surface area (Å²) in [5, 5.41) is 3.50. The topological polar surface area (TPSA) is 32.8 Å². The first-order valence-corrected chi connectivity index (χ1v) is 26.1. The van der Waals surface area contributed by atoms with Gasteiger partial charge in [-0.2, -0.15) is 0 Å². The molecule has 0 unspecified atom stereocenters. The quantitative estimate of drug-likeness (QED) is 0.165. The number of rotatable bonds is 4. The molecule has 4 aliphatic rings. The molecule has 2 aliphatic heterocycles. The van der Waals surface area contributed by atoms with Crippen LogP contribution in [-0.2, 0) is 22.7 Å². The zero-order valence-corrected chi connectivity index (χ0v) is 42.7. The molecule has 4 heterocycles. The number of hydrogen-bond donors (Lipinski definition) is 0. The molecule has 0 N–H and O–H groups in total. The van der Waals surface area contributed by atoms with Gasteiger partial charge in [0.1, 0.15) is 22.5 Å². The van der Waals surface area contributed by atoms with Crippen LogP contribution in [0.1, 0.15) is 107 Å². The fourth-order valence-corrected chi connectivity index (χ4v) is 13.1. The summed E-state index contributed by atoms with van der Waals surface area (Å²) in [5.74, 6) is 1.09. The Morgan fingerprint density at radius 1 is 0.542 bits per heavy atom. The van der Waals surface area contributed by atoms with Crippen LogP contribution in [0.15, 0.2) is 173 Å². The molecule has 0 fully saturated rings. The van der Waals surface area contributed by atoms with Crippen molar-refractivity contribution in [1.82, 2.24) is 0 Å². The number of anilines is 6. The third kappa shape index (κ3) is 6.38. The zero-order valence-electron chi connectivity index (χ0n) is 42.7. The summed E-state index contributed by atoms with van der Waals surface area (Å²) in [6, 6.07) is 59.6. The molecule has 10 aromatic rings. The van der Waals surface area contributed by atoms with Gasteiger partial charge in [-0.05, 0) is 170 Å². The fraction of sp³-hybridized carbons (Fsp3) is 0.224. The van der Waals surface area contributed by atoms with Crippen LogP contribution >= 0.6 is 0 Å². The van der Waals surface area contributed by atoms with E-state index < -0.39 is 0 Å². The van der Waals surface area contributed by atoms with Gasteiger partial charge in [-0.15, -0.1) is 0 Å². The highest BCUT2D eigenvalue weighted by molar-refractivity contribution is 7.00. The minimum absolute atomic E-state index is 0.0268. The highest BCUT2D eigenvalue weighted by atomic mass is 16.3. The highest BCUT2D eigenvalue weighted by Crippen LogP contribution is 2.51. The Morgan fingerprint density at radius 2 is 1.14 bits per heavy atom. The normalized spacial score (nSPS) is 16.3. The predicted octanol–water partition coefficient (Wildman–Crippen LogP) is 16.4. The molecule has 0 saturated heterocycles. The molecule has 8 aromatic carbocycles. The summed E-state index contributed by atoms with van der Waals surface area (Å²) in [4.78, 5) is 5.18. The molecule has 2 aromatic heterocycles. The first-order chi connectivity index (χ1) is 34.7. The lowest BCUT2D eigenvalue weighted by molar-refractivity contribution is 0.332. The van der Waals surface area contributed by atoms with E-state index in [0.717, 1.165) is 70.3 Å². The lowest BCUT2D eigenvalue weighted by Crippen LogP contribution is -2.62. The summed E-state index contributed by atoms with van der Waals surface area (Å²) in [6.07, 6.45) is 6.61.